The van der Waals surface area contributed by atoms with Gasteiger partial charge in [0, 0.05) is 12.3 Å². The van der Waals surface area contributed by atoms with E-state index >= 15 is 0 Å². The third kappa shape index (κ3) is 6.00. The average Bonchev–Trinajstić information content (AvgIpc) is 3.56. The summed E-state index contributed by atoms with van der Waals surface area (Å²) in [5.41, 5.74) is 0.498. The van der Waals surface area contributed by atoms with E-state index in [0.717, 1.165) is 45.1 Å². The number of aliphatic hydroxyl groups excluding tert-OH is 6. The highest BCUT2D eigenvalue weighted by molar-refractivity contribution is 5.15. The molecule has 4 saturated heterocycles. The van der Waals surface area contributed by atoms with Crippen LogP contribution in [0.4, 0.5) is 0 Å². The normalized spacial score (nSPS) is 59.9. The first-order chi connectivity index (χ1) is 24.2. The SMILES string of the molecule is C[C@@H]1CC[C@@]2(OC1)O[C@@H]1C[C@H]3[C@@H]4CC[C@H]5C[C@H](O[C@H]6O[C@@H](CO[C@H]7O[C@@H](C)[C@H](O)[C@@H](O)[C@@H]7O)[C@H](O)[C@@H](O)[C@@H]6O)CC[C@@]5(C)[C@H]4CC[C@@]3(C)[C@@H]1[C@H]2C. The van der Waals surface area contributed by atoms with E-state index in [1.807, 2.05) is 0 Å². The Balaban J connectivity index is 0.889. The predicted octanol–water partition coefficient (Wildman–Crippen LogP) is 2.47. The predicted molar refractivity (Wildman–Crippen MR) is 182 cm³/mol. The summed E-state index contributed by atoms with van der Waals surface area (Å²) in [6.07, 6.45) is -1.92. The minimum Gasteiger partial charge on any atom is -0.388 e. The molecular formula is C39H64O12. The molecule has 4 saturated carbocycles. The van der Waals surface area contributed by atoms with Crippen molar-refractivity contribution in [1.82, 2.24) is 0 Å². The zero-order valence-corrected chi connectivity index (χ0v) is 31.1. The van der Waals surface area contributed by atoms with Crippen LogP contribution in [-0.2, 0) is 28.4 Å². The van der Waals surface area contributed by atoms with Gasteiger partial charge in [0.1, 0.15) is 42.7 Å². The van der Waals surface area contributed by atoms with E-state index in [9.17, 15) is 30.6 Å². The topological polar surface area (TPSA) is 177 Å². The van der Waals surface area contributed by atoms with Gasteiger partial charge in [-0.3, -0.25) is 0 Å². The Hall–Kier alpha value is -0.480. The first-order valence-electron chi connectivity index (χ1n) is 20.1. The maximum atomic E-state index is 10.9. The molecule has 0 aromatic carbocycles. The maximum Gasteiger partial charge on any atom is 0.186 e. The monoisotopic (exact) mass is 724 g/mol. The van der Waals surface area contributed by atoms with Crippen LogP contribution in [0.1, 0.15) is 98.8 Å². The molecule has 8 rings (SSSR count). The van der Waals surface area contributed by atoms with Crippen molar-refractivity contribution in [3.63, 3.8) is 0 Å². The summed E-state index contributed by atoms with van der Waals surface area (Å²) in [7, 11) is 0. The van der Waals surface area contributed by atoms with Gasteiger partial charge in [-0.2, -0.15) is 0 Å². The van der Waals surface area contributed by atoms with Crippen molar-refractivity contribution in [2.45, 2.75) is 178 Å². The Labute approximate surface area is 302 Å². The van der Waals surface area contributed by atoms with Crippen LogP contribution in [-0.4, -0.2) is 123 Å². The number of fused-ring (bicyclic) bond motifs is 7. The Morgan fingerprint density at radius 2 is 1.41 bits per heavy atom. The van der Waals surface area contributed by atoms with Crippen molar-refractivity contribution in [1.29, 1.82) is 0 Å². The van der Waals surface area contributed by atoms with Gasteiger partial charge in [0.25, 0.3) is 0 Å². The molecule has 8 aliphatic rings. The molecule has 22 atom stereocenters. The van der Waals surface area contributed by atoms with Crippen LogP contribution in [0, 0.1) is 52.3 Å². The molecule has 12 heteroatoms. The molecule has 4 aliphatic carbocycles. The molecule has 1 spiro atoms. The van der Waals surface area contributed by atoms with Gasteiger partial charge in [-0.1, -0.05) is 27.7 Å². The lowest BCUT2D eigenvalue weighted by atomic mass is 9.44. The quantitative estimate of drug-likeness (QED) is 0.229. The lowest BCUT2D eigenvalue weighted by Crippen LogP contribution is -2.61. The minimum atomic E-state index is -1.53. The third-order valence-corrected chi connectivity index (χ3v) is 16.1. The molecule has 51 heavy (non-hydrogen) atoms. The second-order valence-corrected chi connectivity index (χ2v) is 18.7. The van der Waals surface area contributed by atoms with Gasteiger partial charge >= 0.3 is 0 Å². The Morgan fingerprint density at radius 3 is 2.16 bits per heavy atom. The summed E-state index contributed by atoms with van der Waals surface area (Å²) in [6.45, 7) is 11.9. The molecular weight excluding hydrogens is 660 g/mol. The van der Waals surface area contributed by atoms with Crippen LogP contribution in [0.3, 0.4) is 0 Å². The van der Waals surface area contributed by atoms with Crippen molar-refractivity contribution >= 4 is 0 Å². The summed E-state index contributed by atoms with van der Waals surface area (Å²) in [5.74, 6) is 3.73. The van der Waals surface area contributed by atoms with Gasteiger partial charge in [0.05, 0.1) is 31.5 Å². The lowest BCUT2D eigenvalue weighted by Gasteiger charge is -2.61. The third-order valence-electron chi connectivity index (χ3n) is 16.1. The van der Waals surface area contributed by atoms with Crippen LogP contribution in [0.2, 0.25) is 0 Å². The zero-order valence-electron chi connectivity index (χ0n) is 31.1. The van der Waals surface area contributed by atoms with Gasteiger partial charge in [0.15, 0.2) is 18.4 Å². The highest BCUT2D eigenvalue weighted by Gasteiger charge is 2.69. The fraction of sp³-hybridized carbons (Fsp3) is 1.00. The van der Waals surface area contributed by atoms with E-state index in [4.69, 9.17) is 28.4 Å². The van der Waals surface area contributed by atoms with Crippen LogP contribution in [0.15, 0.2) is 0 Å². The maximum absolute atomic E-state index is 10.9. The standard InChI is InChI=1S/C39H64O12/c1-18-8-13-39(47-16-18)19(2)28-26(51-39)15-25-23-7-6-21-14-22(9-11-37(21,4)24(23)10-12-38(25,28)5)49-36-34(45)32(43)30(41)27(50-36)17-46-35-33(44)31(42)29(40)20(3)48-35/h18-36,40-45H,6-17H2,1-5H3/t18-,19-,20+,21+,22-,23-,24+,25+,26-,27+,28-,29+,30+,31-,32-,33+,34+,35+,36+,37-,38-,39-/m1/s1. The van der Waals surface area contributed by atoms with Crippen LogP contribution >= 0.6 is 0 Å². The van der Waals surface area contributed by atoms with Gasteiger partial charge in [-0.25, -0.2) is 0 Å². The average molecular weight is 725 g/mol. The molecule has 292 valence electrons. The molecule has 8 fully saturated rings. The van der Waals surface area contributed by atoms with E-state index in [2.05, 4.69) is 27.7 Å². The second kappa shape index (κ2) is 13.6. The number of ether oxygens (including phenoxy) is 6. The number of rotatable bonds is 5. The van der Waals surface area contributed by atoms with Crippen LogP contribution < -0.4 is 0 Å². The molecule has 6 N–H and O–H groups in total. The fourth-order valence-electron chi connectivity index (χ4n) is 13.1. The molecule has 0 unspecified atom stereocenters. The molecule has 0 radical (unpaired) electrons. The number of hydrogen-bond donors (Lipinski definition) is 6. The summed E-state index contributed by atoms with van der Waals surface area (Å²) >= 11 is 0. The summed E-state index contributed by atoms with van der Waals surface area (Å²) < 4.78 is 37.1. The second-order valence-electron chi connectivity index (χ2n) is 18.7. The smallest absolute Gasteiger partial charge is 0.186 e. The van der Waals surface area contributed by atoms with E-state index in [0.29, 0.717) is 47.5 Å². The largest absolute Gasteiger partial charge is 0.388 e. The molecule has 0 aromatic heterocycles. The fourth-order valence-corrected chi connectivity index (χ4v) is 13.1. The van der Waals surface area contributed by atoms with Gasteiger partial charge in [-0.05, 0) is 111 Å². The van der Waals surface area contributed by atoms with Gasteiger partial charge in [0.2, 0.25) is 0 Å². The van der Waals surface area contributed by atoms with Gasteiger partial charge in [-0.15, -0.1) is 0 Å². The molecule has 0 amide bonds. The van der Waals surface area contributed by atoms with Crippen molar-refractivity contribution in [2.24, 2.45) is 52.3 Å². The first-order valence-corrected chi connectivity index (χ1v) is 20.1. The summed E-state index contributed by atoms with van der Waals surface area (Å²) in [5, 5.41) is 62.8. The van der Waals surface area contributed by atoms with Crippen LogP contribution in [0.5, 0.6) is 0 Å². The van der Waals surface area contributed by atoms with Gasteiger partial charge < -0.3 is 59.1 Å². The van der Waals surface area contributed by atoms with E-state index in [-0.39, 0.29) is 29.3 Å². The van der Waals surface area contributed by atoms with Crippen molar-refractivity contribution in [3.8, 4) is 0 Å². The van der Waals surface area contributed by atoms with Crippen molar-refractivity contribution < 1.29 is 59.1 Å². The Morgan fingerprint density at radius 1 is 0.686 bits per heavy atom. The summed E-state index contributed by atoms with van der Waals surface area (Å²) in [6, 6.07) is 0. The minimum absolute atomic E-state index is 0.160. The highest BCUT2D eigenvalue weighted by Crippen LogP contribution is 2.71. The Kier molecular flexibility index (Phi) is 10.00. The molecule has 4 heterocycles. The number of hydrogen-bond acceptors (Lipinski definition) is 12. The van der Waals surface area contributed by atoms with E-state index in [1.165, 1.54) is 25.7 Å². The molecule has 4 aliphatic heterocycles. The first kappa shape index (κ1) is 37.4. The lowest BCUT2D eigenvalue weighted by molar-refractivity contribution is -0.336. The molecule has 0 aromatic rings. The van der Waals surface area contributed by atoms with Crippen LogP contribution in [0.25, 0.3) is 0 Å². The molecule has 12 nitrogen and oxygen atoms in total. The van der Waals surface area contributed by atoms with E-state index in [1.54, 1.807) is 6.92 Å². The Bertz CT molecular complexity index is 1250. The highest BCUT2D eigenvalue weighted by atomic mass is 16.7. The van der Waals surface area contributed by atoms with E-state index < -0.39 is 61.4 Å². The number of aliphatic hydroxyl groups is 6. The molecule has 0 bridgehead atoms. The zero-order chi connectivity index (χ0) is 36.2. The van der Waals surface area contributed by atoms with Crippen molar-refractivity contribution in [3.05, 3.63) is 0 Å². The van der Waals surface area contributed by atoms with Crippen molar-refractivity contribution in [2.75, 3.05) is 13.2 Å². The summed E-state index contributed by atoms with van der Waals surface area (Å²) in [4.78, 5) is 0.